The fraction of sp³-hybridized carbons (Fsp3) is 0.556. The van der Waals surface area contributed by atoms with Crippen molar-refractivity contribution in [2.24, 2.45) is 0 Å². The second-order valence-corrected chi connectivity index (χ2v) is 3.42. The minimum atomic E-state index is -4.99. The third-order valence-electron chi connectivity index (χ3n) is 1.96. The lowest BCUT2D eigenvalue weighted by Gasteiger charge is -2.11. The number of rotatable bonds is 4. The van der Waals surface area contributed by atoms with E-state index in [1.807, 2.05) is 0 Å². The zero-order valence-corrected chi connectivity index (χ0v) is 9.31. The summed E-state index contributed by atoms with van der Waals surface area (Å²) in [4.78, 5) is 0. The van der Waals surface area contributed by atoms with Gasteiger partial charge in [-0.2, -0.15) is 26.3 Å². The quantitative estimate of drug-likeness (QED) is 0.471. The molecule has 0 aromatic heterocycles. The molecule has 2 N–H and O–H groups in total. The standard InChI is InChI=1S/C9H11BF6O2/c1-2-7(10(17)18)5-6(9(14,15)16)3-4-8(11,12)13/h3,5,17-18H,2,4H2,1H3/b6-3+,7-5+. The van der Waals surface area contributed by atoms with Crippen LogP contribution in [0.1, 0.15) is 19.8 Å². The van der Waals surface area contributed by atoms with Crippen LogP contribution in [0.25, 0.3) is 0 Å². The van der Waals surface area contributed by atoms with Gasteiger partial charge in [-0.05, 0) is 11.9 Å². The maximum absolute atomic E-state index is 12.4. The summed E-state index contributed by atoms with van der Waals surface area (Å²) < 4.78 is 72.8. The Morgan fingerprint density at radius 2 is 1.61 bits per heavy atom. The lowest BCUT2D eigenvalue weighted by molar-refractivity contribution is -0.126. The van der Waals surface area contributed by atoms with Crippen molar-refractivity contribution in [1.29, 1.82) is 0 Å². The van der Waals surface area contributed by atoms with Crippen LogP contribution in [0.4, 0.5) is 26.3 Å². The molecule has 0 aromatic carbocycles. The van der Waals surface area contributed by atoms with Gasteiger partial charge in [0.25, 0.3) is 0 Å². The Bertz CT molecular complexity index is 329. The van der Waals surface area contributed by atoms with E-state index in [2.05, 4.69) is 0 Å². The molecule has 104 valence electrons. The Kier molecular flexibility index (Phi) is 5.95. The number of hydrogen-bond acceptors (Lipinski definition) is 2. The summed E-state index contributed by atoms with van der Waals surface area (Å²) in [6.45, 7) is 1.35. The fourth-order valence-corrected chi connectivity index (χ4v) is 1.04. The lowest BCUT2D eigenvalue weighted by Crippen LogP contribution is -2.18. The van der Waals surface area contributed by atoms with Crippen molar-refractivity contribution in [3.8, 4) is 0 Å². The number of alkyl halides is 6. The molecule has 18 heavy (non-hydrogen) atoms. The van der Waals surface area contributed by atoms with Crippen LogP contribution < -0.4 is 0 Å². The second-order valence-electron chi connectivity index (χ2n) is 3.42. The van der Waals surface area contributed by atoms with E-state index in [0.29, 0.717) is 6.08 Å². The summed E-state index contributed by atoms with van der Waals surface area (Å²) in [6, 6.07) is 0. The van der Waals surface area contributed by atoms with E-state index in [-0.39, 0.29) is 12.5 Å². The van der Waals surface area contributed by atoms with Crippen LogP contribution in [-0.2, 0) is 0 Å². The van der Waals surface area contributed by atoms with E-state index in [9.17, 15) is 26.3 Å². The average Bonchev–Trinajstić information content (AvgIpc) is 2.13. The van der Waals surface area contributed by atoms with Gasteiger partial charge in [0.05, 0.1) is 12.0 Å². The molecule has 9 heteroatoms. The summed E-state index contributed by atoms with van der Waals surface area (Å²) in [6.07, 6.45) is -11.3. The van der Waals surface area contributed by atoms with Crippen molar-refractivity contribution in [1.82, 2.24) is 0 Å². The van der Waals surface area contributed by atoms with Gasteiger partial charge in [-0.25, -0.2) is 0 Å². The molecule has 0 unspecified atom stereocenters. The van der Waals surface area contributed by atoms with Crippen molar-refractivity contribution in [3.05, 3.63) is 23.2 Å². The molecule has 0 fully saturated rings. The number of halogens is 6. The maximum atomic E-state index is 12.4. The Labute approximate surface area is 99.8 Å². The molecule has 0 spiro atoms. The largest absolute Gasteiger partial charge is 0.484 e. The van der Waals surface area contributed by atoms with E-state index in [1.54, 1.807) is 0 Å². The maximum Gasteiger partial charge on any atom is 0.484 e. The third kappa shape index (κ3) is 6.70. The molecule has 0 saturated carbocycles. The van der Waals surface area contributed by atoms with Crippen molar-refractivity contribution in [2.75, 3.05) is 0 Å². The average molecular weight is 276 g/mol. The Morgan fingerprint density at radius 3 is 1.89 bits per heavy atom. The summed E-state index contributed by atoms with van der Waals surface area (Å²) in [5.74, 6) is 0. The van der Waals surface area contributed by atoms with Crippen LogP contribution in [0.3, 0.4) is 0 Å². The fourth-order valence-electron chi connectivity index (χ4n) is 1.04. The van der Waals surface area contributed by atoms with Crippen LogP contribution in [0.15, 0.2) is 23.2 Å². The molecule has 0 atom stereocenters. The first-order valence-corrected chi connectivity index (χ1v) is 4.88. The van der Waals surface area contributed by atoms with Crippen LogP contribution >= 0.6 is 0 Å². The Balaban J connectivity index is 5.27. The molecule has 0 rings (SSSR count). The van der Waals surface area contributed by atoms with E-state index < -0.39 is 36.9 Å². The zero-order chi connectivity index (χ0) is 14.6. The predicted molar refractivity (Wildman–Crippen MR) is 53.4 cm³/mol. The summed E-state index contributed by atoms with van der Waals surface area (Å²) >= 11 is 0. The molecular formula is C9H11BF6O2. The highest BCUT2D eigenvalue weighted by atomic mass is 19.4. The molecule has 0 aromatic rings. The van der Waals surface area contributed by atoms with Gasteiger partial charge >= 0.3 is 19.5 Å². The highest BCUT2D eigenvalue weighted by molar-refractivity contribution is 6.50. The molecule has 0 radical (unpaired) electrons. The van der Waals surface area contributed by atoms with Crippen molar-refractivity contribution < 1.29 is 36.4 Å². The van der Waals surface area contributed by atoms with Gasteiger partial charge in [-0.3, -0.25) is 0 Å². The molecule has 0 aliphatic rings. The summed E-state index contributed by atoms with van der Waals surface area (Å²) in [5, 5.41) is 17.5. The lowest BCUT2D eigenvalue weighted by atomic mass is 9.76. The van der Waals surface area contributed by atoms with E-state index >= 15 is 0 Å². The first-order valence-electron chi connectivity index (χ1n) is 4.88. The van der Waals surface area contributed by atoms with Crippen LogP contribution in [0, 0.1) is 0 Å². The number of allylic oxidation sites excluding steroid dienone is 4. The van der Waals surface area contributed by atoms with Gasteiger partial charge in [-0.15, -0.1) is 0 Å². The Morgan fingerprint density at radius 1 is 1.11 bits per heavy atom. The molecule has 0 bridgehead atoms. The molecular weight excluding hydrogens is 265 g/mol. The monoisotopic (exact) mass is 276 g/mol. The number of hydrogen-bond donors (Lipinski definition) is 2. The van der Waals surface area contributed by atoms with E-state index in [4.69, 9.17) is 10.0 Å². The van der Waals surface area contributed by atoms with Crippen molar-refractivity contribution in [3.63, 3.8) is 0 Å². The van der Waals surface area contributed by atoms with Gasteiger partial charge < -0.3 is 10.0 Å². The normalized spacial score (nSPS) is 14.9. The van der Waals surface area contributed by atoms with Gasteiger partial charge in [0, 0.05) is 0 Å². The molecule has 2 nitrogen and oxygen atoms in total. The first-order chi connectivity index (χ1) is 7.97. The molecule has 0 aliphatic carbocycles. The molecule has 0 heterocycles. The van der Waals surface area contributed by atoms with Gasteiger partial charge in [0.15, 0.2) is 0 Å². The second kappa shape index (κ2) is 6.28. The summed E-state index contributed by atoms with van der Waals surface area (Å²) in [5.41, 5.74) is -1.97. The molecule has 0 amide bonds. The highest BCUT2D eigenvalue weighted by Crippen LogP contribution is 2.31. The van der Waals surface area contributed by atoms with E-state index in [1.165, 1.54) is 6.92 Å². The van der Waals surface area contributed by atoms with Crippen LogP contribution in [0.5, 0.6) is 0 Å². The van der Waals surface area contributed by atoms with Gasteiger partial charge in [0.1, 0.15) is 0 Å². The topological polar surface area (TPSA) is 40.5 Å². The van der Waals surface area contributed by atoms with Crippen molar-refractivity contribution in [2.45, 2.75) is 32.1 Å². The zero-order valence-electron chi connectivity index (χ0n) is 9.31. The van der Waals surface area contributed by atoms with Crippen LogP contribution in [0.2, 0.25) is 0 Å². The highest BCUT2D eigenvalue weighted by Gasteiger charge is 2.35. The third-order valence-corrected chi connectivity index (χ3v) is 1.96. The van der Waals surface area contributed by atoms with Crippen LogP contribution in [-0.4, -0.2) is 29.5 Å². The summed E-state index contributed by atoms with van der Waals surface area (Å²) in [7, 11) is -2.13. The Hall–Kier alpha value is -0.955. The first kappa shape index (κ1) is 17.0. The van der Waals surface area contributed by atoms with E-state index in [0.717, 1.165) is 0 Å². The predicted octanol–water partition coefficient (Wildman–Crippen LogP) is 2.78. The minimum Gasteiger partial charge on any atom is -0.423 e. The molecule has 0 saturated heterocycles. The van der Waals surface area contributed by atoms with Crippen molar-refractivity contribution >= 4 is 7.12 Å². The van der Waals surface area contributed by atoms with Gasteiger partial charge in [0.2, 0.25) is 0 Å². The SMILES string of the molecule is CC/C(=C\C(=C/CC(F)(F)F)C(F)(F)F)B(O)O. The van der Waals surface area contributed by atoms with Gasteiger partial charge in [-0.1, -0.05) is 19.1 Å². The smallest absolute Gasteiger partial charge is 0.423 e. The molecule has 0 aliphatic heterocycles. The minimum absolute atomic E-state index is 0.0297.